The van der Waals surface area contributed by atoms with Crippen LogP contribution in [-0.2, 0) is 11.4 Å². The lowest BCUT2D eigenvalue weighted by Gasteiger charge is -2.15. The highest BCUT2D eigenvalue weighted by atomic mass is 35.5. The molecule has 6 nitrogen and oxygen atoms in total. The van der Waals surface area contributed by atoms with Crippen LogP contribution in [0.4, 0.5) is 5.69 Å². The van der Waals surface area contributed by atoms with Gasteiger partial charge in [0.25, 0.3) is 0 Å². The van der Waals surface area contributed by atoms with E-state index in [1.165, 1.54) is 11.8 Å². The largest absolute Gasteiger partial charge is 0.493 e. The second kappa shape index (κ2) is 14.3. The molecule has 5 aromatic rings. The van der Waals surface area contributed by atoms with Crippen molar-refractivity contribution < 1.29 is 14.3 Å². The maximum absolute atomic E-state index is 12.9. The van der Waals surface area contributed by atoms with Crippen molar-refractivity contribution in [2.75, 3.05) is 18.2 Å². The molecule has 0 bridgehead atoms. The normalized spacial score (nSPS) is 10.6. The van der Waals surface area contributed by atoms with E-state index in [0.717, 1.165) is 22.3 Å². The zero-order valence-corrected chi connectivity index (χ0v) is 26.3. The van der Waals surface area contributed by atoms with E-state index in [1.54, 1.807) is 25.3 Å². The van der Waals surface area contributed by atoms with Crippen LogP contribution in [0.3, 0.4) is 0 Å². The average Bonchev–Trinajstić information content (AvgIpc) is 3.05. The summed E-state index contributed by atoms with van der Waals surface area (Å²) in [5.74, 6) is 0.797. The van der Waals surface area contributed by atoms with Crippen LogP contribution < -0.4 is 14.8 Å². The number of nitrogens with zero attached hydrogens (tertiary/aromatic N) is 2. The van der Waals surface area contributed by atoms with E-state index >= 15 is 0 Å². The predicted octanol–water partition coefficient (Wildman–Crippen LogP) is 9.22. The van der Waals surface area contributed by atoms with Crippen molar-refractivity contribution in [1.29, 1.82) is 5.26 Å². The van der Waals surface area contributed by atoms with Crippen LogP contribution in [0.2, 0.25) is 10.0 Å². The summed E-state index contributed by atoms with van der Waals surface area (Å²) in [6, 6.07) is 32.6. The maximum Gasteiger partial charge on any atom is 0.234 e. The van der Waals surface area contributed by atoms with Gasteiger partial charge >= 0.3 is 0 Å². The van der Waals surface area contributed by atoms with Crippen molar-refractivity contribution in [2.45, 2.75) is 18.6 Å². The lowest BCUT2D eigenvalue weighted by Crippen LogP contribution is -2.14. The van der Waals surface area contributed by atoms with Gasteiger partial charge in [0.2, 0.25) is 5.91 Å². The van der Waals surface area contributed by atoms with Crippen LogP contribution in [0.1, 0.15) is 16.7 Å². The summed E-state index contributed by atoms with van der Waals surface area (Å²) in [4.78, 5) is 17.7. The van der Waals surface area contributed by atoms with E-state index in [2.05, 4.69) is 11.4 Å². The Morgan fingerprint density at radius 1 is 0.932 bits per heavy atom. The molecule has 4 aromatic carbocycles. The lowest BCUT2D eigenvalue weighted by molar-refractivity contribution is -0.113. The molecule has 220 valence electrons. The number of pyridine rings is 1. The van der Waals surface area contributed by atoms with Crippen molar-refractivity contribution >= 4 is 46.6 Å². The second-order valence-corrected chi connectivity index (χ2v) is 11.5. The molecule has 0 fully saturated rings. The minimum absolute atomic E-state index is 0.00308. The molecule has 0 spiro atoms. The Morgan fingerprint density at radius 3 is 2.41 bits per heavy atom. The summed E-state index contributed by atoms with van der Waals surface area (Å²) in [7, 11) is 1.58. The third kappa shape index (κ3) is 7.35. The van der Waals surface area contributed by atoms with Gasteiger partial charge in [-0.1, -0.05) is 107 Å². The first-order valence-electron chi connectivity index (χ1n) is 13.6. The zero-order valence-electron chi connectivity index (χ0n) is 23.9. The summed E-state index contributed by atoms with van der Waals surface area (Å²) >= 11 is 13.5. The molecule has 1 N–H and O–H groups in total. The Hall–Kier alpha value is -4.48. The van der Waals surface area contributed by atoms with Crippen molar-refractivity contribution in [3.8, 4) is 40.0 Å². The molecule has 9 heteroatoms. The Labute approximate surface area is 270 Å². The van der Waals surface area contributed by atoms with Crippen molar-refractivity contribution in [3.05, 3.63) is 124 Å². The van der Waals surface area contributed by atoms with Crippen LogP contribution in [0, 0.1) is 18.3 Å². The topological polar surface area (TPSA) is 84.2 Å². The van der Waals surface area contributed by atoms with Gasteiger partial charge < -0.3 is 14.8 Å². The molecular formula is C35H27Cl2N3O3S. The fourth-order valence-electron chi connectivity index (χ4n) is 4.44. The van der Waals surface area contributed by atoms with Gasteiger partial charge in [0, 0.05) is 11.1 Å². The smallest absolute Gasteiger partial charge is 0.234 e. The number of hydrogen-bond acceptors (Lipinski definition) is 6. The van der Waals surface area contributed by atoms with Gasteiger partial charge in [0.1, 0.15) is 17.7 Å². The average molecular weight is 641 g/mol. The first-order valence-corrected chi connectivity index (χ1v) is 15.3. The van der Waals surface area contributed by atoms with Crippen molar-refractivity contribution in [3.63, 3.8) is 0 Å². The number of aromatic nitrogens is 1. The van der Waals surface area contributed by atoms with Crippen molar-refractivity contribution in [2.24, 2.45) is 0 Å². The number of benzene rings is 4. The summed E-state index contributed by atoms with van der Waals surface area (Å²) in [5, 5.41) is 14.1. The van der Waals surface area contributed by atoms with E-state index in [0.29, 0.717) is 50.7 Å². The van der Waals surface area contributed by atoms with Crippen LogP contribution >= 0.6 is 35.0 Å². The highest BCUT2D eigenvalue weighted by Crippen LogP contribution is 2.38. The molecule has 44 heavy (non-hydrogen) atoms. The number of methoxy groups -OCH3 is 1. The number of halogens is 2. The molecule has 0 aliphatic rings. The number of ether oxygens (including phenoxy) is 2. The van der Waals surface area contributed by atoms with Gasteiger partial charge in [-0.25, -0.2) is 4.98 Å². The number of anilines is 1. The Kier molecular flexibility index (Phi) is 10.1. The lowest BCUT2D eigenvalue weighted by atomic mass is 9.98. The Balaban J connectivity index is 1.49. The monoisotopic (exact) mass is 639 g/mol. The third-order valence-electron chi connectivity index (χ3n) is 6.72. The number of carbonyl (C=O) groups excluding carboxylic acids is 1. The molecule has 1 aromatic heterocycles. The second-order valence-electron chi connectivity index (χ2n) is 9.79. The zero-order chi connectivity index (χ0) is 31.1. The van der Waals surface area contributed by atoms with E-state index in [4.69, 9.17) is 37.7 Å². The third-order valence-corrected chi connectivity index (χ3v) is 8.52. The number of hydrogen-bond donors (Lipinski definition) is 1. The fourth-order valence-corrected chi connectivity index (χ4v) is 5.59. The van der Waals surface area contributed by atoms with E-state index in [1.807, 2.05) is 85.8 Å². The SMILES string of the molecule is COc1cc(-c2cc(-c3ccc(C)cc3)nc(SCC(=O)Nc3cccc(Cl)c3Cl)c2C#N)ccc1OCc1ccccc1. The number of aryl methyl sites for hydroxylation is 1. The molecular weight excluding hydrogens is 613 g/mol. The van der Waals surface area contributed by atoms with Gasteiger partial charge in [-0.3, -0.25) is 4.79 Å². The maximum atomic E-state index is 12.9. The first-order chi connectivity index (χ1) is 21.4. The number of amides is 1. The number of nitrogens with one attached hydrogen (secondary N) is 1. The van der Waals surface area contributed by atoms with E-state index < -0.39 is 0 Å². The van der Waals surface area contributed by atoms with Gasteiger partial charge in [0.15, 0.2) is 11.5 Å². The van der Waals surface area contributed by atoms with Gasteiger partial charge in [-0.05, 0) is 48.4 Å². The summed E-state index contributed by atoms with van der Waals surface area (Å²) in [6.07, 6.45) is 0. The molecule has 0 saturated carbocycles. The molecule has 1 amide bonds. The van der Waals surface area contributed by atoms with Crippen LogP contribution in [-0.4, -0.2) is 23.8 Å². The number of nitriles is 1. The number of thioether (sulfide) groups is 1. The van der Waals surface area contributed by atoms with Crippen LogP contribution in [0.15, 0.2) is 102 Å². The molecule has 0 radical (unpaired) electrons. The van der Waals surface area contributed by atoms with Gasteiger partial charge in [0.05, 0.1) is 39.9 Å². The Morgan fingerprint density at radius 2 is 1.68 bits per heavy atom. The van der Waals surface area contributed by atoms with Crippen LogP contribution in [0.25, 0.3) is 22.4 Å². The first kappa shape index (κ1) is 31.0. The molecule has 5 rings (SSSR count). The minimum Gasteiger partial charge on any atom is -0.493 e. The standard InChI is InChI=1S/C35H27Cl2N3O3S/c1-22-11-13-24(14-12-22)30-18-26(25-15-16-31(32(17-25)42-2)43-20-23-7-4-3-5-8-23)27(19-38)35(40-30)44-21-33(41)39-29-10-6-9-28(36)34(29)37/h3-18H,20-21H2,1-2H3,(H,39,41). The Bertz CT molecular complexity index is 1840. The summed E-state index contributed by atoms with van der Waals surface area (Å²) in [6.45, 7) is 2.40. The molecule has 1 heterocycles. The molecule has 0 aliphatic carbocycles. The predicted molar refractivity (Wildman–Crippen MR) is 178 cm³/mol. The number of rotatable bonds is 10. The van der Waals surface area contributed by atoms with Gasteiger partial charge in [-0.15, -0.1) is 0 Å². The fraction of sp³-hybridized carbons (Fsp3) is 0.114. The molecule has 0 aliphatic heterocycles. The van der Waals surface area contributed by atoms with E-state index in [-0.39, 0.29) is 16.7 Å². The molecule has 0 unspecified atom stereocenters. The summed E-state index contributed by atoms with van der Waals surface area (Å²) < 4.78 is 11.7. The highest BCUT2D eigenvalue weighted by Gasteiger charge is 2.19. The number of carbonyl (C=O) groups is 1. The van der Waals surface area contributed by atoms with Crippen molar-refractivity contribution in [1.82, 2.24) is 4.98 Å². The van der Waals surface area contributed by atoms with Crippen LogP contribution in [0.5, 0.6) is 11.5 Å². The van der Waals surface area contributed by atoms with E-state index in [9.17, 15) is 10.1 Å². The quantitative estimate of drug-likeness (QED) is 0.153. The minimum atomic E-state index is -0.311. The summed E-state index contributed by atoms with van der Waals surface area (Å²) in [5.41, 5.74) is 5.87. The molecule has 0 saturated heterocycles. The van der Waals surface area contributed by atoms with Gasteiger partial charge in [-0.2, -0.15) is 5.26 Å². The molecule has 0 atom stereocenters. The highest BCUT2D eigenvalue weighted by molar-refractivity contribution is 8.00.